The number of ether oxygens (including phenoxy) is 1. The maximum Gasteiger partial charge on any atom is 0.251 e. The number of hydrogen-bond donors (Lipinski definition) is 2. The first-order chi connectivity index (χ1) is 16.5. The van der Waals surface area contributed by atoms with Crippen LogP contribution >= 0.6 is 23.1 Å². The van der Waals surface area contributed by atoms with Gasteiger partial charge in [-0.15, -0.1) is 22.0 Å². The highest BCUT2D eigenvalue weighted by molar-refractivity contribution is 8.00. The maximum atomic E-state index is 12.5. The van der Waals surface area contributed by atoms with Crippen molar-refractivity contribution in [1.82, 2.24) is 20.1 Å². The SMILES string of the molecule is CCOc1ccc(C(=O)NCCn2cc(SCC(=O)Nc3nnc(C)s3)c3ccccc32)cc1. The molecular weight excluding hydrogens is 470 g/mol. The summed E-state index contributed by atoms with van der Waals surface area (Å²) in [6.07, 6.45) is 2.03. The lowest BCUT2D eigenvalue weighted by molar-refractivity contribution is -0.113. The van der Waals surface area contributed by atoms with Crippen LogP contribution in [0.25, 0.3) is 10.9 Å². The number of thioether (sulfide) groups is 1. The average Bonchev–Trinajstić information content (AvgIpc) is 3.41. The first-order valence-corrected chi connectivity index (χ1v) is 12.7. The summed E-state index contributed by atoms with van der Waals surface area (Å²) < 4.78 is 7.52. The van der Waals surface area contributed by atoms with Crippen LogP contribution in [0.15, 0.2) is 59.6 Å². The van der Waals surface area contributed by atoms with Crippen LogP contribution in [0.3, 0.4) is 0 Å². The van der Waals surface area contributed by atoms with E-state index in [0.717, 1.165) is 26.6 Å². The predicted molar refractivity (Wildman–Crippen MR) is 136 cm³/mol. The van der Waals surface area contributed by atoms with Crippen LogP contribution in [0.5, 0.6) is 5.75 Å². The predicted octanol–water partition coefficient (Wildman–Crippen LogP) is 4.36. The van der Waals surface area contributed by atoms with Crippen molar-refractivity contribution < 1.29 is 14.3 Å². The molecule has 0 atom stereocenters. The van der Waals surface area contributed by atoms with Crippen LogP contribution in [0.4, 0.5) is 5.13 Å². The monoisotopic (exact) mass is 495 g/mol. The second-order valence-corrected chi connectivity index (χ2v) is 9.58. The summed E-state index contributed by atoms with van der Waals surface area (Å²) in [5, 5.41) is 16.0. The second-order valence-electron chi connectivity index (χ2n) is 7.38. The number of aromatic nitrogens is 3. The Balaban J connectivity index is 1.35. The number of rotatable bonds is 10. The number of carbonyl (C=O) groups excluding carboxylic acids is 2. The molecule has 0 saturated carbocycles. The van der Waals surface area contributed by atoms with E-state index in [1.807, 2.05) is 44.3 Å². The van der Waals surface area contributed by atoms with Crippen molar-refractivity contribution in [2.75, 3.05) is 24.2 Å². The Hall–Kier alpha value is -3.37. The van der Waals surface area contributed by atoms with Gasteiger partial charge in [0.1, 0.15) is 10.8 Å². The molecule has 8 nitrogen and oxygen atoms in total. The quantitative estimate of drug-likeness (QED) is 0.317. The minimum atomic E-state index is -0.127. The molecule has 2 heterocycles. The molecule has 0 aliphatic carbocycles. The van der Waals surface area contributed by atoms with Crippen molar-refractivity contribution in [2.45, 2.75) is 25.3 Å². The van der Waals surface area contributed by atoms with Gasteiger partial charge in [-0.3, -0.25) is 14.9 Å². The Bertz CT molecular complexity index is 1280. The molecule has 34 heavy (non-hydrogen) atoms. The van der Waals surface area contributed by atoms with Gasteiger partial charge in [0.2, 0.25) is 11.0 Å². The lowest BCUT2D eigenvalue weighted by atomic mass is 10.2. The van der Waals surface area contributed by atoms with Crippen LogP contribution in [-0.4, -0.2) is 45.5 Å². The third-order valence-electron chi connectivity index (χ3n) is 4.95. The standard InChI is InChI=1S/C24H25N5O3S2/c1-3-32-18-10-8-17(9-11-18)23(31)25-12-13-29-14-21(19-6-4-5-7-20(19)29)33-15-22(30)26-24-28-27-16(2)34-24/h4-11,14H,3,12-13,15H2,1-2H3,(H,25,31)(H,26,28,30). The fraction of sp³-hybridized carbons (Fsp3) is 0.250. The molecule has 10 heteroatoms. The number of nitrogens with zero attached hydrogens (tertiary/aromatic N) is 3. The molecule has 0 bridgehead atoms. The zero-order valence-electron chi connectivity index (χ0n) is 18.9. The summed E-state index contributed by atoms with van der Waals surface area (Å²) in [5.41, 5.74) is 1.65. The molecule has 2 aromatic heterocycles. The fourth-order valence-corrected chi connectivity index (χ4v) is 4.92. The Labute approximate surface area is 205 Å². The highest BCUT2D eigenvalue weighted by Crippen LogP contribution is 2.30. The summed E-state index contributed by atoms with van der Waals surface area (Å²) in [7, 11) is 0. The first kappa shape index (κ1) is 23.8. The van der Waals surface area contributed by atoms with Crippen LogP contribution in [-0.2, 0) is 11.3 Å². The molecule has 0 spiro atoms. The number of carbonyl (C=O) groups is 2. The van der Waals surface area contributed by atoms with Gasteiger partial charge in [-0.25, -0.2) is 0 Å². The summed E-state index contributed by atoms with van der Waals surface area (Å²) >= 11 is 2.82. The second kappa shape index (κ2) is 11.2. The Morgan fingerprint density at radius 1 is 1.12 bits per heavy atom. The zero-order valence-corrected chi connectivity index (χ0v) is 20.5. The first-order valence-electron chi connectivity index (χ1n) is 10.8. The smallest absolute Gasteiger partial charge is 0.251 e. The number of aryl methyl sites for hydroxylation is 1. The summed E-state index contributed by atoms with van der Waals surface area (Å²) in [5.74, 6) is 0.759. The molecule has 4 rings (SSSR count). The maximum absolute atomic E-state index is 12.5. The van der Waals surface area contributed by atoms with Crippen molar-refractivity contribution in [2.24, 2.45) is 0 Å². The van der Waals surface area contributed by atoms with E-state index in [1.165, 1.54) is 23.1 Å². The van der Waals surface area contributed by atoms with E-state index in [4.69, 9.17) is 4.74 Å². The highest BCUT2D eigenvalue weighted by Gasteiger charge is 2.13. The average molecular weight is 496 g/mol. The van der Waals surface area contributed by atoms with Crippen molar-refractivity contribution in [3.63, 3.8) is 0 Å². The molecule has 0 radical (unpaired) electrons. The van der Waals surface area contributed by atoms with Crippen molar-refractivity contribution in [1.29, 1.82) is 0 Å². The molecule has 2 amide bonds. The number of hydrogen-bond acceptors (Lipinski definition) is 7. The van der Waals surface area contributed by atoms with E-state index in [-0.39, 0.29) is 17.6 Å². The van der Waals surface area contributed by atoms with Crippen LogP contribution in [0, 0.1) is 6.92 Å². The lowest BCUT2D eigenvalue weighted by Crippen LogP contribution is -2.27. The Kier molecular flexibility index (Phi) is 7.81. The third-order valence-corrected chi connectivity index (χ3v) is 6.75. The number of para-hydroxylation sites is 1. The van der Waals surface area contributed by atoms with E-state index in [9.17, 15) is 9.59 Å². The molecule has 4 aromatic rings. The number of nitrogens with one attached hydrogen (secondary N) is 2. The molecule has 0 aliphatic heterocycles. The van der Waals surface area contributed by atoms with Gasteiger partial charge in [0.05, 0.1) is 12.4 Å². The third kappa shape index (κ3) is 5.95. The molecular formula is C24H25N5O3S2. The fourth-order valence-electron chi connectivity index (χ4n) is 3.42. The number of benzene rings is 2. The largest absolute Gasteiger partial charge is 0.494 e. The lowest BCUT2D eigenvalue weighted by Gasteiger charge is -2.08. The molecule has 0 fully saturated rings. The van der Waals surface area contributed by atoms with Crippen LogP contribution < -0.4 is 15.4 Å². The van der Waals surface area contributed by atoms with Gasteiger partial charge in [0.25, 0.3) is 5.91 Å². The number of amides is 2. The van der Waals surface area contributed by atoms with Gasteiger partial charge < -0.3 is 14.6 Å². The molecule has 176 valence electrons. The van der Waals surface area contributed by atoms with Gasteiger partial charge in [0.15, 0.2) is 0 Å². The van der Waals surface area contributed by atoms with Crippen LogP contribution in [0.1, 0.15) is 22.3 Å². The van der Waals surface area contributed by atoms with E-state index < -0.39 is 0 Å². The summed E-state index contributed by atoms with van der Waals surface area (Å²) in [6, 6.07) is 15.1. The van der Waals surface area contributed by atoms with Gasteiger partial charge >= 0.3 is 0 Å². The van der Waals surface area contributed by atoms with Crippen molar-refractivity contribution in [3.05, 3.63) is 65.3 Å². The van der Waals surface area contributed by atoms with E-state index in [0.29, 0.717) is 30.4 Å². The van der Waals surface area contributed by atoms with Crippen molar-refractivity contribution >= 4 is 50.9 Å². The Morgan fingerprint density at radius 3 is 2.65 bits per heavy atom. The molecule has 0 saturated heterocycles. The molecule has 0 unspecified atom stereocenters. The van der Waals surface area contributed by atoms with Gasteiger partial charge in [-0.1, -0.05) is 29.5 Å². The van der Waals surface area contributed by atoms with E-state index in [1.54, 1.807) is 24.3 Å². The van der Waals surface area contributed by atoms with E-state index >= 15 is 0 Å². The van der Waals surface area contributed by atoms with Crippen molar-refractivity contribution in [3.8, 4) is 5.75 Å². The summed E-state index contributed by atoms with van der Waals surface area (Å²) in [6.45, 7) is 5.44. The van der Waals surface area contributed by atoms with Gasteiger partial charge in [-0.2, -0.15) is 0 Å². The highest BCUT2D eigenvalue weighted by atomic mass is 32.2. The van der Waals surface area contributed by atoms with Crippen LogP contribution in [0.2, 0.25) is 0 Å². The summed E-state index contributed by atoms with van der Waals surface area (Å²) in [4.78, 5) is 25.8. The number of anilines is 1. The topological polar surface area (TPSA) is 98.1 Å². The molecule has 2 aromatic carbocycles. The number of fused-ring (bicyclic) bond motifs is 1. The van der Waals surface area contributed by atoms with E-state index in [2.05, 4.69) is 25.4 Å². The molecule has 0 aliphatic rings. The van der Waals surface area contributed by atoms with Gasteiger partial charge in [0, 0.05) is 40.6 Å². The molecule has 2 N–H and O–H groups in total. The van der Waals surface area contributed by atoms with Gasteiger partial charge in [-0.05, 0) is 44.2 Å². The zero-order chi connectivity index (χ0) is 23.9. The normalized spacial score (nSPS) is 10.9. The minimum absolute atomic E-state index is 0.124. The minimum Gasteiger partial charge on any atom is -0.494 e. The Morgan fingerprint density at radius 2 is 1.91 bits per heavy atom.